The number of methoxy groups -OCH3 is 1. The molecule has 0 saturated carbocycles. The molecule has 1 fully saturated rings. The highest BCUT2D eigenvalue weighted by Crippen LogP contribution is 2.30. The number of sulfonamides is 1. The number of nitrogens with one attached hydrogen (secondary N) is 1. The standard InChI is InChI=1S/C21H25ClN2O4S/c1-14-4-6-18(12-15(14)2)29(26,27)24-10-8-16(9-11-24)21(25)23-19-13-17(22)5-7-20(19)28-3/h4-7,12-13,16H,8-11H2,1-3H3,(H,23,25). The van der Waals surface area contributed by atoms with Crippen molar-refractivity contribution in [1.82, 2.24) is 4.31 Å². The van der Waals surface area contributed by atoms with Gasteiger partial charge in [0.15, 0.2) is 0 Å². The molecule has 1 N–H and O–H groups in total. The number of rotatable bonds is 5. The van der Waals surface area contributed by atoms with Gasteiger partial charge in [-0.3, -0.25) is 4.79 Å². The highest BCUT2D eigenvalue weighted by Gasteiger charge is 2.32. The lowest BCUT2D eigenvalue weighted by Crippen LogP contribution is -2.41. The Labute approximate surface area is 176 Å². The number of halogens is 1. The Hall–Kier alpha value is -2.09. The predicted octanol–water partition coefficient (Wildman–Crippen LogP) is 4.00. The van der Waals surface area contributed by atoms with Crippen molar-refractivity contribution in [3.8, 4) is 5.75 Å². The molecular formula is C21H25ClN2O4S. The van der Waals surface area contributed by atoms with Crippen LogP contribution in [0.1, 0.15) is 24.0 Å². The molecule has 2 aromatic carbocycles. The number of carbonyl (C=O) groups excluding carboxylic acids is 1. The van der Waals surface area contributed by atoms with E-state index in [1.807, 2.05) is 19.9 Å². The molecule has 1 heterocycles. The first-order valence-corrected chi connectivity index (χ1v) is 11.3. The Kier molecular flexibility index (Phi) is 6.51. The molecule has 0 bridgehead atoms. The fraction of sp³-hybridized carbons (Fsp3) is 0.381. The number of anilines is 1. The molecule has 2 aromatic rings. The van der Waals surface area contributed by atoms with E-state index >= 15 is 0 Å². The van der Waals surface area contributed by atoms with Gasteiger partial charge in [0.05, 0.1) is 17.7 Å². The maximum atomic E-state index is 12.9. The lowest BCUT2D eigenvalue weighted by atomic mass is 9.97. The summed E-state index contributed by atoms with van der Waals surface area (Å²) in [5.74, 6) is 0.0937. The zero-order chi connectivity index (χ0) is 21.2. The quantitative estimate of drug-likeness (QED) is 0.768. The second-order valence-electron chi connectivity index (χ2n) is 7.26. The zero-order valence-electron chi connectivity index (χ0n) is 16.7. The van der Waals surface area contributed by atoms with Gasteiger partial charge in [0.1, 0.15) is 5.75 Å². The first kappa shape index (κ1) is 21.6. The minimum absolute atomic E-state index is 0.159. The van der Waals surface area contributed by atoms with Gasteiger partial charge in [-0.15, -0.1) is 0 Å². The van der Waals surface area contributed by atoms with Crippen molar-refractivity contribution < 1.29 is 17.9 Å². The molecule has 1 aliphatic heterocycles. The van der Waals surface area contributed by atoms with E-state index in [0.717, 1.165) is 11.1 Å². The van der Waals surface area contributed by atoms with E-state index in [9.17, 15) is 13.2 Å². The van der Waals surface area contributed by atoms with Crippen LogP contribution in [0, 0.1) is 19.8 Å². The van der Waals surface area contributed by atoms with Gasteiger partial charge < -0.3 is 10.1 Å². The number of ether oxygens (including phenoxy) is 1. The summed E-state index contributed by atoms with van der Waals surface area (Å²) in [6, 6.07) is 10.2. The smallest absolute Gasteiger partial charge is 0.243 e. The van der Waals surface area contributed by atoms with Gasteiger partial charge in [-0.25, -0.2) is 8.42 Å². The van der Waals surface area contributed by atoms with Crippen LogP contribution in [0.15, 0.2) is 41.3 Å². The molecule has 0 aliphatic carbocycles. The number of carbonyl (C=O) groups is 1. The number of amides is 1. The second-order valence-corrected chi connectivity index (χ2v) is 9.63. The molecule has 1 aliphatic rings. The first-order chi connectivity index (χ1) is 13.7. The van der Waals surface area contributed by atoms with Crippen molar-refractivity contribution in [1.29, 1.82) is 0 Å². The van der Waals surface area contributed by atoms with Gasteiger partial charge in [0, 0.05) is 24.0 Å². The van der Waals surface area contributed by atoms with Crippen LogP contribution in [-0.4, -0.2) is 38.8 Å². The van der Waals surface area contributed by atoms with Gasteiger partial charge in [0.2, 0.25) is 15.9 Å². The average molecular weight is 437 g/mol. The maximum absolute atomic E-state index is 12.9. The summed E-state index contributed by atoms with van der Waals surface area (Å²) < 4.78 is 32.6. The number of piperidine rings is 1. The highest BCUT2D eigenvalue weighted by molar-refractivity contribution is 7.89. The molecular weight excluding hydrogens is 412 g/mol. The molecule has 8 heteroatoms. The third-order valence-electron chi connectivity index (χ3n) is 5.36. The molecule has 0 unspecified atom stereocenters. The summed E-state index contributed by atoms with van der Waals surface area (Å²) in [6.45, 7) is 4.46. The number of nitrogens with zero attached hydrogens (tertiary/aromatic N) is 1. The minimum Gasteiger partial charge on any atom is -0.495 e. The van der Waals surface area contributed by atoms with Gasteiger partial charge in [-0.1, -0.05) is 17.7 Å². The lowest BCUT2D eigenvalue weighted by molar-refractivity contribution is -0.120. The monoisotopic (exact) mass is 436 g/mol. The number of hydrogen-bond acceptors (Lipinski definition) is 4. The fourth-order valence-corrected chi connectivity index (χ4v) is 5.12. The van der Waals surface area contributed by atoms with Crippen molar-refractivity contribution in [2.75, 3.05) is 25.5 Å². The summed E-state index contributed by atoms with van der Waals surface area (Å²) in [5, 5.41) is 3.35. The third-order valence-corrected chi connectivity index (χ3v) is 7.49. The van der Waals surface area contributed by atoms with Crippen LogP contribution in [0.25, 0.3) is 0 Å². The molecule has 29 heavy (non-hydrogen) atoms. The van der Waals surface area contributed by atoms with E-state index in [0.29, 0.717) is 47.3 Å². The van der Waals surface area contributed by atoms with Crippen LogP contribution in [-0.2, 0) is 14.8 Å². The van der Waals surface area contributed by atoms with E-state index in [1.165, 1.54) is 11.4 Å². The van der Waals surface area contributed by atoms with Crippen molar-refractivity contribution in [2.45, 2.75) is 31.6 Å². The van der Waals surface area contributed by atoms with Gasteiger partial charge in [-0.05, 0) is 68.1 Å². The van der Waals surface area contributed by atoms with E-state index in [-0.39, 0.29) is 11.8 Å². The summed E-state index contributed by atoms with van der Waals surface area (Å²) in [7, 11) is -2.04. The van der Waals surface area contributed by atoms with Crippen molar-refractivity contribution >= 4 is 33.2 Å². The fourth-order valence-electron chi connectivity index (χ4n) is 3.39. The normalized spacial score (nSPS) is 15.9. The van der Waals surface area contributed by atoms with Crippen LogP contribution in [0.3, 0.4) is 0 Å². The van der Waals surface area contributed by atoms with Crippen LogP contribution in [0.2, 0.25) is 5.02 Å². The Morgan fingerprint density at radius 1 is 1.10 bits per heavy atom. The Balaban J connectivity index is 1.66. The van der Waals surface area contributed by atoms with E-state index < -0.39 is 10.0 Å². The molecule has 6 nitrogen and oxygen atoms in total. The molecule has 1 saturated heterocycles. The van der Waals surface area contributed by atoms with Gasteiger partial charge >= 0.3 is 0 Å². The molecule has 156 valence electrons. The first-order valence-electron chi connectivity index (χ1n) is 9.44. The molecule has 0 spiro atoms. The van der Waals surface area contributed by atoms with Gasteiger partial charge in [-0.2, -0.15) is 4.31 Å². The molecule has 1 amide bonds. The van der Waals surface area contributed by atoms with Crippen LogP contribution < -0.4 is 10.1 Å². The minimum atomic E-state index is -3.56. The third kappa shape index (κ3) is 4.74. The SMILES string of the molecule is COc1ccc(Cl)cc1NC(=O)C1CCN(S(=O)(=O)c2ccc(C)c(C)c2)CC1. The molecule has 0 aromatic heterocycles. The Bertz CT molecular complexity index is 1020. The predicted molar refractivity (Wildman–Crippen MR) is 114 cm³/mol. The number of benzene rings is 2. The summed E-state index contributed by atoms with van der Waals surface area (Å²) in [4.78, 5) is 13.0. The van der Waals surface area contributed by atoms with Gasteiger partial charge in [0.25, 0.3) is 0 Å². The molecule has 3 rings (SSSR count). The van der Waals surface area contributed by atoms with E-state index in [4.69, 9.17) is 16.3 Å². The number of hydrogen-bond donors (Lipinski definition) is 1. The topological polar surface area (TPSA) is 75.7 Å². The summed E-state index contributed by atoms with van der Waals surface area (Å²) in [6.07, 6.45) is 0.914. The maximum Gasteiger partial charge on any atom is 0.243 e. The van der Waals surface area contributed by atoms with E-state index in [1.54, 1.807) is 30.3 Å². The number of aryl methyl sites for hydroxylation is 2. The lowest BCUT2D eigenvalue weighted by Gasteiger charge is -2.30. The van der Waals surface area contributed by atoms with Crippen LogP contribution in [0.5, 0.6) is 5.75 Å². The van der Waals surface area contributed by atoms with E-state index in [2.05, 4.69) is 5.32 Å². The molecule has 0 radical (unpaired) electrons. The van der Waals surface area contributed by atoms with Crippen molar-refractivity contribution in [2.24, 2.45) is 5.92 Å². The molecule has 0 atom stereocenters. The van der Waals surface area contributed by atoms with Crippen LogP contribution in [0.4, 0.5) is 5.69 Å². The van der Waals surface area contributed by atoms with Crippen LogP contribution >= 0.6 is 11.6 Å². The van der Waals surface area contributed by atoms with Crippen molar-refractivity contribution in [3.63, 3.8) is 0 Å². The average Bonchev–Trinajstić information content (AvgIpc) is 2.70. The largest absolute Gasteiger partial charge is 0.495 e. The summed E-state index contributed by atoms with van der Waals surface area (Å²) in [5.41, 5.74) is 2.50. The Morgan fingerprint density at radius 2 is 1.79 bits per heavy atom. The zero-order valence-corrected chi connectivity index (χ0v) is 18.3. The summed E-state index contributed by atoms with van der Waals surface area (Å²) >= 11 is 6.01. The van der Waals surface area contributed by atoms with Crippen molar-refractivity contribution in [3.05, 3.63) is 52.5 Å². The highest BCUT2D eigenvalue weighted by atomic mass is 35.5. The Morgan fingerprint density at radius 3 is 2.41 bits per heavy atom. The second kappa shape index (κ2) is 8.73.